The number of nitrogens with zero attached hydrogens (tertiary/aromatic N) is 1. The van der Waals surface area contributed by atoms with E-state index in [1.54, 1.807) is 11.8 Å². The van der Waals surface area contributed by atoms with Gasteiger partial charge in [-0.1, -0.05) is 48.0 Å². The van der Waals surface area contributed by atoms with Crippen molar-refractivity contribution in [3.8, 4) is 0 Å². The predicted molar refractivity (Wildman–Crippen MR) is 111 cm³/mol. The van der Waals surface area contributed by atoms with E-state index in [9.17, 15) is 14.4 Å². The number of hydrogen-bond donors (Lipinski definition) is 0. The molecule has 0 aromatic rings. The van der Waals surface area contributed by atoms with Crippen LogP contribution in [0.25, 0.3) is 0 Å². The number of thioether (sulfide) groups is 1. The molecule has 27 heavy (non-hydrogen) atoms. The van der Waals surface area contributed by atoms with E-state index in [0.717, 1.165) is 18.6 Å². The van der Waals surface area contributed by atoms with Crippen LogP contribution in [0.2, 0.25) is 0 Å². The van der Waals surface area contributed by atoms with Gasteiger partial charge in [0.2, 0.25) is 11.8 Å². The molecule has 2 atom stereocenters. The molecule has 0 aromatic carbocycles. The van der Waals surface area contributed by atoms with Gasteiger partial charge in [-0.05, 0) is 18.1 Å². The monoisotopic (exact) mass is 472 g/mol. The molecule has 1 aliphatic heterocycles. The SMILES string of the molecule is [CH2-]C(CC(C)(C)C)C(=O)C(C)(C)C.[CH2-]CCSC1CC(=O)N(CC)C1=O.[Y]. The third-order valence-electron chi connectivity index (χ3n) is 3.95. The Morgan fingerprint density at radius 2 is 1.74 bits per heavy atom. The molecular weight excluding hydrogens is 435 g/mol. The van der Waals surface area contributed by atoms with Crippen LogP contribution in [-0.4, -0.2) is 40.0 Å². The number of hydrogen-bond acceptors (Lipinski definition) is 4. The molecule has 1 saturated heterocycles. The van der Waals surface area contributed by atoms with Crippen molar-refractivity contribution in [2.45, 2.75) is 73.0 Å². The van der Waals surface area contributed by atoms with Crippen LogP contribution < -0.4 is 0 Å². The number of carbonyl (C=O) groups excluding carboxylic acids is 3. The maximum atomic E-state index is 11.8. The molecule has 0 aliphatic carbocycles. The number of likely N-dealkylation sites (tertiary alicyclic amines) is 1. The Bertz CT molecular complexity index is 495. The van der Waals surface area contributed by atoms with E-state index >= 15 is 0 Å². The largest absolute Gasteiger partial charge is 0.343 e. The second kappa shape index (κ2) is 12.7. The van der Waals surface area contributed by atoms with Gasteiger partial charge in [0.15, 0.2) is 0 Å². The molecule has 0 saturated carbocycles. The van der Waals surface area contributed by atoms with Gasteiger partial charge in [0.25, 0.3) is 0 Å². The van der Waals surface area contributed by atoms with E-state index in [1.807, 2.05) is 27.7 Å². The summed E-state index contributed by atoms with van der Waals surface area (Å²) in [5.41, 5.74) is -0.0645. The first-order valence-electron chi connectivity index (χ1n) is 9.37. The summed E-state index contributed by atoms with van der Waals surface area (Å²) in [5, 5.41) is -0.144. The van der Waals surface area contributed by atoms with Gasteiger partial charge >= 0.3 is 0 Å². The smallest absolute Gasteiger partial charge is 0.242 e. The van der Waals surface area contributed by atoms with Gasteiger partial charge in [-0.25, -0.2) is 0 Å². The maximum Gasteiger partial charge on any atom is 0.242 e. The Labute approximate surface area is 196 Å². The zero-order valence-electron chi connectivity index (χ0n) is 18.3. The van der Waals surface area contributed by atoms with E-state index in [0.29, 0.717) is 13.0 Å². The van der Waals surface area contributed by atoms with Crippen molar-refractivity contribution in [2.75, 3.05) is 12.3 Å². The summed E-state index contributed by atoms with van der Waals surface area (Å²) in [6.45, 7) is 22.2. The first-order valence-corrected chi connectivity index (χ1v) is 10.4. The molecule has 0 N–H and O–H groups in total. The van der Waals surface area contributed by atoms with Crippen LogP contribution in [0.5, 0.6) is 0 Å². The van der Waals surface area contributed by atoms with Crippen molar-refractivity contribution in [2.24, 2.45) is 16.7 Å². The van der Waals surface area contributed by atoms with E-state index in [-0.39, 0.29) is 72.3 Å². The summed E-state index contributed by atoms with van der Waals surface area (Å²) in [7, 11) is 0. The minimum Gasteiger partial charge on any atom is -0.343 e. The molecule has 0 bridgehead atoms. The van der Waals surface area contributed by atoms with Gasteiger partial charge in [-0.2, -0.15) is 18.2 Å². The normalized spacial score (nSPS) is 18.6. The topological polar surface area (TPSA) is 54.5 Å². The second-order valence-electron chi connectivity index (χ2n) is 8.97. The van der Waals surface area contributed by atoms with Gasteiger partial charge in [-0.3, -0.25) is 14.5 Å². The summed E-state index contributed by atoms with van der Waals surface area (Å²) in [5.74, 6) is 0.990. The molecule has 1 heterocycles. The zero-order chi connectivity index (χ0) is 20.7. The van der Waals surface area contributed by atoms with E-state index in [2.05, 4.69) is 34.6 Å². The van der Waals surface area contributed by atoms with Crippen LogP contribution in [0.3, 0.4) is 0 Å². The van der Waals surface area contributed by atoms with Crippen LogP contribution in [0.1, 0.15) is 67.7 Å². The van der Waals surface area contributed by atoms with Crippen LogP contribution in [0, 0.1) is 30.6 Å². The van der Waals surface area contributed by atoms with Crippen molar-refractivity contribution >= 4 is 29.4 Å². The quantitative estimate of drug-likeness (QED) is 0.420. The summed E-state index contributed by atoms with van der Waals surface area (Å²) in [4.78, 5) is 35.9. The van der Waals surface area contributed by atoms with Crippen LogP contribution in [0.4, 0.5) is 0 Å². The summed E-state index contributed by atoms with van der Waals surface area (Å²) >= 11 is 1.54. The predicted octanol–water partition coefficient (Wildman–Crippen LogP) is 4.58. The van der Waals surface area contributed by atoms with Crippen molar-refractivity contribution in [3.63, 3.8) is 0 Å². The Balaban J connectivity index is 0. The van der Waals surface area contributed by atoms with Gasteiger partial charge in [0.1, 0.15) is 5.78 Å². The number of imide groups is 1. The molecule has 1 aliphatic rings. The summed E-state index contributed by atoms with van der Waals surface area (Å²) in [6, 6.07) is 0. The minimum absolute atomic E-state index is 0. The average Bonchev–Trinajstić information content (AvgIpc) is 2.76. The standard InChI is InChI=1S/C12H23O.C9H14NO2S.Y/c1-9(8-11(2,3)4)10(13)12(5,6)7;1-3-5-13-7-6-8(11)10(4-2)9(7)12;/h9H,1,8H2,2-7H3;7H,1,3-6H2,2H3;/q2*-1;. The Morgan fingerprint density at radius 3 is 2.07 bits per heavy atom. The van der Waals surface area contributed by atoms with E-state index in [1.165, 1.54) is 4.90 Å². The number of amides is 2. The van der Waals surface area contributed by atoms with Gasteiger partial charge in [0.05, 0.1) is 5.25 Å². The molecule has 155 valence electrons. The molecular formula is C21H37NO3SY-2. The van der Waals surface area contributed by atoms with Crippen molar-refractivity contribution in [1.29, 1.82) is 0 Å². The molecule has 6 heteroatoms. The van der Waals surface area contributed by atoms with Crippen LogP contribution in [-0.2, 0) is 47.1 Å². The minimum atomic E-state index is -0.252. The number of ketones is 1. The zero-order valence-corrected chi connectivity index (χ0v) is 21.9. The van der Waals surface area contributed by atoms with E-state index in [4.69, 9.17) is 0 Å². The van der Waals surface area contributed by atoms with Crippen molar-refractivity contribution in [1.82, 2.24) is 4.90 Å². The fraction of sp³-hybridized carbons (Fsp3) is 0.762. The first kappa shape index (κ1) is 29.5. The molecule has 1 radical (unpaired) electrons. The number of carbonyl (C=O) groups is 3. The summed E-state index contributed by atoms with van der Waals surface area (Å²) in [6.07, 6.45) is 2.04. The van der Waals surface area contributed by atoms with Gasteiger partial charge < -0.3 is 18.6 Å². The Morgan fingerprint density at radius 1 is 1.22 bits per heavy atom. The van der Waals surface area contributed by atoms with Crippen molar-refractivity contribution < 1.29 is 47.1 Å². The van der Waals surface area contributed by atoms with Gasteiger partial charge in [-0.15, -0.1) is 5.92 Å². The van der Waals surface area contributed by atoms with Crippen LogP contribution >= 0.6 is 11.8 Å². The molecule has 0 aromatic heterocycles. The number of Topliss-reactive ketones (excluding diaryl/α,β-unsaturated/α-hetero) is 1. The van der Waals surface area contributed by atoms with Gasteiger partial charge in [0, 0.05) is 51.1 Å². The average molecular weight is 473 g/mol. The molecule has 2 amide bonds. The molecule has 1 fully saturated rings. The third-order valence-corrected chi connectivity index (χ3v) is 5.25. The first-order chi connectivity index (χ1) is 11.7. The Kier molecular flexibility index (Phi) is 13.9. The van der Waals surface area contributed by atoms with E-state index < -0.39 is 0 Å². The second-order valence-corrected chi connectivity index (χ2v) is 10.3. The summed E-state index contributed by atoms with van der Waals surface area (Å²) < 4.78 is 0. The molecule has 0 spiro atoms. The Hall–Kier alpha value is 0.264. The maximum absolute atomic E-state index is 11.8. The third kappa shape index (κ3) is 11.1. The van der Waals surface area contributed by atoms with Crippen LogP contribution in [0.15, 0.2) is 0 Å². The van der Waals surface area contributed by atoms with Crippen molar-refractivity contribution in [3.05, 3.63) is 13.8 Å². The molecule has 4 nitrogen and oxygen atoms in total. The fourth-order valence-corrected chi connectivity index (χ4v) is 3.77. The molecule has 2 unspecified atom stereocenters. The molecule has 1 rings (SSSR count). The number of rotatable bonds is 6. The fourth-order valence-electron chi connectivity index (χ4n) is 2.79.